The van der Waals surface area contributed by atoms with Crippen molar-refractivity contribution in [2.24, 2.45) is 5.73 Å². The molecule has 0 saturated heterocycles. The van der Waals surface area contributed by atoms with Crippen molar-refractivity contribution in [3.8, 4) is 0 Å². The zero-order valence-corrected chi connectivity index (χ0v) is 11.3. The molecular formula is C11H15F3N2O2S. The van der Waals surface area contributed by atoms with Crippen LogP contribution < -0.4 is 10.6 Å². The molecule has 108 valence electrons. The van der Waals surface area contributed by atoms with Gasteiger partial charge in [-0.25, -0.2) is 8.42 Å². The summed E-state index contributed by atoms with van der Waals surface area (Å²) in [5.41, 5.74) is 0.790. The average Bonchev–Trinajstić information content (AvgIpc) is 2.35. The minimum atomic E-state index is -5.29. The fraction of sp³-hybridized carbons (Fsp3) is 0.455. The Morgan fingerprint density at radius 3 is 2.11 bits per heavy atom. The molecule has 0 amide bonds. The van der Waals surface area contributed by atoms with Gasteiger partial charge in [-0.05, 0) is 31.2 Å². The highest BCUT2D eigenvalue weighted by molar-refractivity contribution is 7.92. The Labute approximate surface area is 109 Å². The summed E-state index contributed by atoms with van der Waals surface area (Å²) in [4.78, 5) is 0.988. The van der Waals surface area contributed by atoms with E-state index in [1.165, 1.54) is 12.1 Å². The molecule has 0 bridgehead atoms. The molecule has 1 aromatic carbocycles. The molecule has 0 aliphatic heterocycles. The summed E-state index contributed by atoms with van der Waals surface area (Å²) in [6.45, 7) is 2.22. The van der Waals surface area contributed by atoms with Crippen LogP contribution >= 0.6 is 0 Å². The van der Waals surface area contributed by atoms with Crippen LogP contribution in [-0.2, 0) is 9.84 Å². The minimum absolute atomic E-state index is 0.00919. The summed E-state index contributed by atoms with van der Waals surface area (Å²) in [5, 5.41) is 0. The Bertz CT molecular complexity index is 526. The Morgan fingerprint density at radius 2 is 1.74 bits per heavy atom. The van der Waals surface area contributed by atoms with Crippen LogP contribution in [0.2, 0.25) is 0 Å². The zero-order chi connectivity index (χ0) is 14.8. The number of nitrogens with zero attached hydrogens (tertiary/aromatic N) is 1. The van der Waals surface area contributed by atoms with Crippen molar-refractivity contribution in [2.75, 3.05) is 18.5 Å². The largest absolute Gasteiger partial charge is 0.501 e. The molecule has 0 aliphatic carbocycles. The normalized spacial score (nSPS) is 14.2. The molecule has 0 spiro atoms. The van der Waals surface area contributed by atoms with E-state index >= 15 is 0 Å². The fourth-order valence-electron chi connectivity index (χ4n) is 1.41. The van der Waals surface area contributed by atoms with Gasteiger partial charge in [-0.15, -0.1) is 0 Å². The van der Waals surface area contributed by atoms with Crippen molar-refractivity contribution in [2.45, 2.75) is 23.4 Å². The van der Waals surface area contributed by atoms with Crippen LogP contribution in [0.5, 0.6) is 0 Å². The standard InChI is InChI=1S/C11H15F3N2O2S/c1-8(7-15)16(2)9-3-5-10(6-4-9)19(17,18)11(12,13)14/h3-6,8H,7,15H2,1-2H3. The second kappa shape index (κ2) is 5.38. The van der Waals surface area contributed by atoms with Gasteiger partial charge in [-0.3, -0.25) is 0 Å². The summed E-state index contributed by atoms with van der Waals surface area (Å²) in [7, 11) is -3.56. The van der Waals surface area contributed by atoms with Gasteiger partial charge in [0, 0.05) is 25.3 Å². The summed E-state index contributed by atoms with van der Waals surface area (Å²) in [5.74, 6) is 0. The third kappa shape index (κ3) is 3.19. The number of hydrogen-bond donors (Lipinski definition) is 1. The van der Waals surface area contributed by atoms with Gasteiger partial charge in [0.25, 0.3) is 9.84 Å². The van der Waals surface area contributed by atoms with E-state index in [-0.39, 0.29) is 6.04 Å². The Morgan fingerprint density at radius 1 is 1.26 bits per heavy atom. The predicted octanol–water partition coefficient (Wildman–Crippen LogP) is 1.76. The van der Waals surface area contributed by atoms with E-state index < -0.39 is 20.2 Å². The molecule has 0 aliphatic rings. The van der Waals surface area contributed by atoms with E-state index in [2.05, 4.69) is 0 Å². The van der Waals surface area contributed by atoms with Gasteiger partial charge in [0.15, 0.2) is 0 Å². The van der Waals surface area contributed by atoms with Crippen LogP contribution in [0.25, 0.3) is 0 Å². The van der Waals surface area contributed by atoms with E-state index in [1.54, 1.807) is 11.9 Å². The van der Waals surface area contributed by atoms with Crippen molar-refractivity contribution in [1.29, 1.82) is 0 Å². The highest BCUT2D eigenvalue weighted by Crippen LogP contribution is 2.31. The highest BCUT2D eigenvalue weighted by atomic mass is 32.2. The van der Waals surface area contributed by atoms with Crippen LogP contribution in [0, 0.1) is 0 Å². The first-order valence-electron chi connectivity index (χ1n) is 5.45. The fourth-order valence-corrected chi connectivity index (χ4v) is 2.17. The summed E-state index contributed by atoms with van der Waals surface area (Å²) < 4.78 is 59.4. The first-order valence-corrected chi connectivity index (χ1v) is 6.94. The van der Waals surface area contributed by atoms with Gasteiger partial charge in [0.1, 0.15) is 0 Å². The maximum Gasteiger partial charge on any atom is 0.501 e. The molecule has 2 N–H and O–H groups in total. The van der Waals surface area contributed by atoms with Crippen molar-refractivity contribution < 1.29 is 21.6 Å². The number of benzene rings is 1. The topological polar surface area (TPSA) is 63.4 Å². The van der Waals surface area contributed by atoms with E-state index in [0.717, 1.165) is 12.1 Å². The molecule has 1 unspecified atom stereocenters. The zero-order valence-electron chi connectivity index (χ0n) is 10.5. The molecule has 1 rings (SSSR count). The molecular weight excluding hydrogens is 281 g/mol. The van der Waals surface area contributed by atoms with Crippen molar-refractivity contribution >= 4 is 15.5 Å². The molecule has 8 heteroatoms. The van der Waals surface area contributed by atoms with E-state index in [1.807, 2.05) is 6.92 Å². The Kier molecular flexibility index (Phi) is 4.46. The maximum atomic E-state index is 12.3. The Balaban J connectivity index is 3.08. The van der Waals surface area contributed by atoms with Crippen LogP contribution in [-0.4, -0.2) is 33.6 Å². The van der Waals surface area contributed by atoms with Crippen LogP contribution in [0.4, 0.5) is 18.9 Å². The molecule has 19 heavy (non-hydrogen) atoms. The third-order valence-corrected chi connectivity index (χ3v) is 4.36. The molecule has 0 heterocycles. The van der Waals surface area contributed by atoms with Crippen LogP contribution in [0.15, 0.2) is 29.2 Å². The third-order valence-electron chi connectivity index (χ3n) is 2.86. The summed E-state index contributed by atoms with van der Waals surface area (Å²) >= 11 is 0. The van der Waals surface area contributed by atoms with Crippen molar-refractivity contribution in [1.82, 2.24) is 0 Å². The number of alkyl halides is 3. The van der Waals surface area contributed by atoms with Crippen LogP contribution in [0.3, 0.4) is 0 Å². The highest BCUT2D eigenvalue weighted by Gasteiger charge is 2.46. The van der Waals surface area contributed by atoms with Gasteiger partial charge in [-0.2, -0.15) is 13.2 Å². The first kappa shape index (κ1) is 15.8. The lowest BCUT2D eigenvalue weighted by Crippen LogP contribution is -2.35. The molecule has 0 saturated carbocycles. The lowest BCUT2D eigenvalue weighted by atomic mass is 10.2. The summed E-state index contributed by atoms with van der Waals surface area (Å²) in [6.07, 6.45) is 0. The number of sulfone groups is 1. The molecule has 0 fully saturated rings. The lowest BCUT2D eigenvalue weighted by molar-refractivity contribution is -0.0436. The van der Waals surface area contributed by atoms with Gasteiger partial charge < -0.3 is 10.6 Å². The monoisotopic (exact) mass is 296 g/mol. The van der Waals surface area contributed by atoms with Gasteiger partial charge >= 0.3 is 5.51 Å². The quantitative estimate of drug-likeness (QED) is 0.919. The number of likely N-dealkylation sites (N-methyl/N-ethyl adjacent to an activating group) is 1. The first-order chi connectivity index (χ1) is 8.61. The van der Waals surface area contributed by atoms with Gasteiger partial charge in [-0.1, -0.05) is 0 Å². The molecule has 1 aromatic rings. The SMILES string of the molecule is CC(CN)N(C)c1ccc(S(=O)(=O)C(F)(F)F)cc1. The number of rotatable bonds is 4. The predicted molar refractivity (Wildman–Crippen MR) is 66.6 cm³/mol. The lowest BCUT2D eigenvalue weighted by Gasteiger charge is -2.26. The number of anilines is 1. The van der Waals surface area contributed by atoms with Crippen LogP contribution in [0.1, 0.15) is 6.92 Å². The van der Waals surface area contributed by atoms with E-state index in [4.69, 9.17) is 5.73 Å². The minimum Gasteiger partial charge on any atom is -0.371 e. The Hall–Kier alpha value is -1.28. The molecule has 0 radical (unpaired) electrons. The average molecular weight is 296 g/mol. The van der Waals surface area contributed by atoms with E-state index in [0.29, 0.717) is 12.2 Å². The molecule has 1 atom stereocenters. The number of hydrogen-bond acceptors (Lipinski definition) is 4. The van der Waals surface area contributed by atoms with Crippen molar-refractivity contribution in [3.05, 3.63) is 24.3 Å². The number of halogens is 3. The van der Waals surface area contributed by atoms with E-state index in [9.17, 15) is 21.6 Å². The maximum absolute atomic E-state index is 12.3. The van der Waals surface area contributed by atoms with Gasteiger partial charge in [0.2, 0.25) is 0 Å². The molecule has 0 aromatic heterocycles. The second-order valence-corrected chi connectivity index (χ2v) is 6.08. The second-order valence-electron chi connectivity index (χ2n) is 4.14. The number of nitrogens with two attached hydrogens (primary N) is 1. The van der Waals surface area contributed by atoms with Crippen molar-refractivity contribution in [3.63, 3.8) is 0 Å². The summed E-state index contributed by atoms with van der Waals surface area (Å²) in [6, 6.07) is 4.52. The smallest absolute Gasteiger partial charge is 0.371 e. The van der Waals surface area contributed by atoms with Gasteiger partial charge in [0.05, 0.1) is 4.90 Å². The molecule has 4 nitrogen and oxygen atoms in total.